The molecule has 4 aromatic rings. The average molecular weight is 431 g/mol. The van der Waals surface area contributed by atoms with Crippen molar-refractivity contribution in [2.75, 3.05) is 11.7 Å². The lowest BCUT2D eigenvalue weighted by Gasteiger charge is -2.35. The van der Waals surface area contributed by atoms with Crippen LogP contribution in [-0.2, 0) is 0 Å². The summed E-state index contributed by atoms with van der Waals surface area (Å²) >= 11 is 0. The first-order valence-corrected chi connectivity index (χ1v) is 11.5. The SMILES string of the molecule is CN(c1ccc([N+](=O)[O-])cc1)[P+](c1ccccc1)(c1ccccc1)c1cccc(F)c1. The number of nitro benzene ring substituents is 1. The summed E-state index contributed by atoms with van der Waals surface area (Å²) in [5.41, 5.74) is 0.849. The average Bonchev–Trinajstić information content (AvgIpc) is 2.81. The first-order valence-electron chi connectivity index (χ1n) is 9.78. The molecule has 0 saturated carbocycles. The molecule has 4 aromatic carbocycles. The van der Waals surface area contributed by atoms with Gasteiger partial charge in [0.1, 0.15) is 21.7 Å². The van der Waals surface area contributed by atoms with E-state index in [9.17, 15) is 14.5 Å². The predicted molar refractivity (Wildman–Crippen MR) is 127 cm³/mol. The van der Waals surface area contributed by atoms with Crippen LogP contribution in [-0.4, -0.2) is 12.0 Å². The Labute approximate surface area is 181 Å². The second-order valence-corrected chi connectivity index (χ2v) is 10.5. The van der Waals surface area contributed by atoms with E-state index >= 15 is 0 Å². The lowest BCUT2D eigenvalue weighted by molar-refractivity contribution is -0.384. The van der Waals surface area contributed by atoms with Crippen molar-refractivity contribution in [2.45, 2.75) is 0 Å². The van der Waals surface area contributed by atoms with Gasteiger partial charge in [-0.25, -0.2) is 9.06 Å². The van der Waals surface area contributed by atoms with Crippen LogP contribution in [0.3, 0.4) is 0 Å². The molecule has 0 radical (unpaired) electrons. The fourth-order valence-electron chi connectivity index (χ4n) is 3.89. The summed E-state index contributed by atoms with van der Waals surface area (Å²) in [5, 5.41) is 14.1. The highest BCUT2D eigenvalue weighted by Gasteiger charge is 2.50. The molecule has 0 aromatic heterocycles. The van der Waals surface area contributed by atoms with Gasteiger partial charge in [-0.05, 0) is 48.5 Å². The molecule has 0 amide bonds. The number of hydrogen-bond acceptors (Lipinski definition) is 3. The molecular formula is C25H21FN2O2P+. The smallest absolute Gasteiger partial charge is 0.258 e. The van der Waals surface area contributed by atoms with Gasteiger partial charge in [0.15, 0.2) is 0 Å². The number of hydrogen-bond donors (Lipinski definition) is 0. The third kappa shape index (κ3) is 3.80. The molecule has 4 rings (SSSR count). The van der Waals surface area contributed by atoms with Crippen LogP contribution in [0.4, 0.5) is 15.8 Å². The summed E-state index contributed by atoms with van der Waals surface area (Å²) in [7, 11) is -0.536. The Bertz CT molecular complexity index is 1150. The van der Waals surface area contributed by atoms with Crippen LogP contribution in [0.15, 0.2) is 109 Å². The van der Waals surface area contributed by atoms with E-state index in [-0.39, 0.29) is 11.5 Å². The van der Waals surface area contributed by atoms with Gasteiger partial charge < -0.3 is 0 Å². The summed E-state index contributed by atoms with van der Waals surface area (Å²) < 4.78 is 16.6. The summed E-state index contributed by atoms with van der Waals surface area (Å²) in [5.74, 6) is -0.300. The van der Waals surface area contributed by atoms with Gasteiger partial charge in [0.05, 0.1) is 10.6 Å². The zero-order chi connectivity index (χ0) is 21.8. The Morgan fingerprint density at radius 2 is 1.26 bits per heavy atom. The summed E-state index contributed by atoms with van der Waals surface area (Å²) in [6.07, 6.45) is 0. The molecule has 0 spiro atoms. The Morgan fingerprint density at radius 1 is 0.742 bits per heavy atom. The Hall–Kier alpha value is -3.56. The van der Waals surface area contributed by atoms with Crippen LogP contribution in [0.1, 0.15) is 0 Å². The van der Waals surface area contributed by atoms with E-state index in [2.05, 4.69) is 28.9 Å². The van der Waals surface area contributed by atoms with E-state index in [1.54, 1.807) is 24.3 Å². The highest BCUT2D eigenvalue weighted by molar-refractivity contribution is 7.96. The molecule has 0 atom stereocenters. The van der Waals surface area contributed by atoms with Gasteiger partial charge in [-0.1, -0.05) is 42.5 Å². The van der Waals surface area contributed by atoms with Crippen molar-refractivity contribution in [3.05, 3.63) is 125 Å². The van der Waals surface area contributed by atoms with Crippen molar-refractivity contribution in [1.29, 1.82) is 0 Å². The summed E-state index contributed by atoms with van der Waals surface area (Å²) in [6, 6.07) is 33.3. The predicted octanol–water partition coefficient (Wildman–Crippen LogP) is 5.08. The van der Waals surface area contributed by atoms with Gasteiger partial charge in [0, 0.05) is 25.2 Å². The van der Waals surface area contributed by atoms with Gasteiger partial charge in [0.2, 0.25) is 7.41 Å². The molecule has 0 aliphatic heterocycles. The Morgan fingerprint density at radius 3 is 1.74 bits per heavy atom. The minimum atomic E-state index is -2.51. The Balaban J connectivity index is 2.03. The highest BCUT2D eigenvalue weighted by atomic mass is 31.2. The van der Waals surface area contributed by atoms with Gasteiger partial charge in [-0.15, -0.1) is 0 Å². The molecule has 0 aliphatic rings. The van der Waals surface area contributed by atoms with Crippen molar-refractivity contribution in [3.8, 4) is 0 Å². The van der Waals surface area contributed by atoms with E-state index in [0.717, 1.165) is 21.6 Å². The fraction of sp³-hybridized carbons (Fsp3) is 0.0400. The highest BCUT2D eigenvalue weighted by Crippen LogP contribution is 2.59. The minimum Gasteiger partial charge on any atom is -0.258 e. The number of nitrogens with zero attached hydrogens (tertiary/aromatic N) is 2. The van der Waals surface area contributed by atoms with Crippen molar-refractivity contribution in [1.82, 2.24) is 0 Å². The topological polar surface area (TPSA) is 46.4 Å². The summed E-state index contributed by atoms with van der Waals surface area (Å²) in [4.78, 5) is 10.7. The molecule has 0 bridgehead atoms. The first kappa shape index (κ1) is 20.7. The minimum absolute atomic E-state index is 0.0336. The number of rotatable bonds is 6. The summed E-state index contributed by atoms with van der Waals surface area (Å²) in [6.45, 7) is 0. The normalized spacial score (nSPS) is 11.2. The van der Waals surface area contributed by atoms with E-state index in [1.165, 1.54) is 18.2 Å². The molecule has 4 nitrogen and oxygen atoms in total. The zero-order valence-electron chi connectivity index (χ0n) is 16.9. The van der Waals surface area contributed by atoms with Crippen molar-refractivity contribution >= 4 is 34.7 Å². The van der Waals surface area contributed by atoms with Crippen molar-refractivity contribution < 1.29 is 9.31 Å². The quantitative estimate of drug-likeness (QED) is 0.243. The van der Waals surface area contributed by atoms with Gasteiger partial charge in [0.25, 0.3) is 5.69 Å². The molecule has 31 heavy (non-hydrogen) atoms. The molecule has 0 saturated heterocycles. The first-order chi connectivity index (χ1) is 15.0. The van der Waals surface area contributed by atoms with Gasteiger partial charge >= 0.3 is 0 Å². The fourth-order valence-corrected chi connectivity index (χ4v) is 8.13. The van der Waals surface area contributed by atoms with Gasteiger partial charge in [-0.2, -0.15) is 0 Å². The monoisotopic (exact) mass is 431 g/mol. The molecule has 0 fully saturated rings. The second-order valence-electron chi connectivity index (χ2n) is 7.08. The number of nitro groups is 1. The van der Waals surface area contributed by atoms with Crippen LogP contribution in [0.25, 0.3) is 0 Å². The van der Waals surface area contributed by atoms with Crippen LogP contribution >= 0.6 is 7.41 Å². The van der Waals surface area contributed by atoms with Crippen LogP contribution in [0, 0.1) is 15.9 Å². The molecule has 0 N–H and O–H groups in total. The van der Waals surface area contributed by atoms with Crippen molar-refractivity contribution in [2.24, 2.45) is 0 Å². The molecule has 0 aliphatic carbocycles. The number of anilines is 1. The standard InChI is InChI=1S/C25H21FN2O2P/c1-27(21-15-17-22(18-16-21)28(29)30)31(23-10-4-2-5-11-23,24-12-6-3-7-13-24)25-14-8-9-20(26)19-25/h2-19H,1H3/q+1. The Kier molecular flexibility index (Phi) is 5.79. The molecule has 154 valence electrons. The third-order valence-corrected chi connectivity index (χ3v) is 9.57. The maximum absolute atomic E-state index is 14.5. The third-order valence-electron chi connectivity index (χ3n) is 5.33. The lowest BCUT2D eigenvalue weighted by atomic mass is 10.3. The second kappa shape index (κ2) is 8.66. The largest absolute Gasteiger partial charge is 0.269 e. The number of benzene rings is 4. The maximum Gasteiger partial charge on any atom is 0.269 e. The number of halogens is 1. The van der Waals surface area contributed by atoms with E-state index in [1.807, 2.05) is 49.5 Å². The lowest BCUT2D eigenvalue weighted by Crippen LogP contribution is -2.42. The van der Waals surface area contributed by atoms with Crippen LogP contribution in [0.2, 0.25) is 0 Å². The van der Waals surface area contributed by atoms with E-state index < -0.39 is 12.3 Å². The van der Waals surface area contributed by atoms with E-state index in [0.29, 0.717) is 0 Å². The zero-order valence-corrected chi connectivity index (χ0v) is 17.8. The number of non-ortho nitro benzene ring substituents is 1. The van der Waals surface area contributed by atoms with Crippen molar-refractivity contribution in [3.63, 3.8) is 0 Å². The van der Waals surface area contributed by atoms with Crippen LogP contribution in [0.5, 0.6) is 0 Å². The molecule has 0 unspecified atom stereocenters. The molecular weight excluding hydrogens is 410 g/mol. The maximum atomic E-state index is 14.5. The molecule has 0 heterocycles. The van der Waals surface area contributed by atoms with Gasteiger partial charge in [-0.3, -0.25) is 10.1 Å². The van der Waals surface area contributed by atoms with E-state index in [4.69, 9.17) is 0 Å². The molecule has 6 heteroatoms. The van der Waals surface area contributed by atoms with Crippen LogP contribution < -0.4 is 20.6 Å².